The largest absolute Gasteiger partial charge is 0.346 e. The highest BCUT2D eigenvalue weighted by Crippen LogP contribution is 2.28. The van der Waals surface area contributed by atoms with Crippen LogP contribution in [0.3, 0.4) is 0 Å². The summed E-state index contributed by atoms with van der Waals surface area (Å²) >= 11 is 0. The lowest BCUT2D eigenvalue weighted by atomic mass is 10.1. The van der Waals surface area contributed by atoms with Gasteiger partial charge in [-0.3, -0.25) is 4.79 Å². The van der Waals surface area contributed by atoms with Crippen LogP contribution in [-0.2, 0) is 19.5 Å². The van der Waals surface area contributed by atoms with Gasteiger partial charge in [-0.2, -0.15) is 0 Å². The van der Waals surface area contributed by atoms with Crippen molar-refractivity contribution >= 4 is 5.91 Å². The van der Waals surface area contributed by atoms with E-state index in [1.165, 1.54) is 62.8 Å². The Hall–Kier alpha value is -1.25. The molecule has 1 aromatic heterocycles. The molecule has 0 N–H and O–H groups in total. The van der Waals surface area contributed by atoms with Crippen molar-refractivity contribution in [3.8, 4) is 0 Å². The molecule has 0 saturated heterocycles. The minimum atomic E-state index is 0.196. The summed E-state index contributed by atoms with van der Waals surface area (Å²) in [6, 6.07) is 2.10. The van der Waals surface area contributed by atoms with Gasteiger partial charge in [-0.25, -0.2) is 0 Å². The van der Waals surface area contributed by atoms with Gasteiger partial charge in [0, 0.05) is 19.3 Å². The van der Waals surface area contributed by atoms with E-state index in [0.717, 1.165) is 25.1 Å². The Bertz CT molecular complexity index is 484. The Labute approximate surface area is 135 Å². The van der Waals surface area contributed by atoms with Crippen LogP contribution < -0.4 is 0 Å². The van der Waals surface area contributed by atoms with Gasteiger partial charge < -0.3 is 9.47 Å². The number of unbranched alkanes of at least 4 members (excludes halogenated alkanes) is 5. The molecule has 3 rings (SSSR count). The molecule has 0 radical (unpaired) electrons. The maximum absolute atomic E-state index is 11.7. The molecule has 1 amide bonds. The highest BCUT2D eigenvalue weighted by atomic mass is 16.2. The first-order valence-electron chi connectivity index (χ1n) is 9.15. The Morgan fingerprint density at radius 2 is 1.73 bits per heavy atom. The monoisotopic (exact) mass is 304 g/mol. The first-order valence-corrected chi connectivity index (χ1v) is 9.15. The van der Waals surface area contributed by atoms with E-state index < -0.39 is 0 Å². The van der Waals surface area contributed by atoms with Crippen molar-refractivity contribution in [3.05, 3.63) is 23.0 Å². The average molecular weight is 304 g/mol. The lowest BCUT2D eigenvalue weighted by Crippen LogP contribution is -2.20. The number of aryl methyl sites for hydroxylation is 1. The first-order chi connectivity index (χ1) is 10.7. The Balaban J connectivity index is 0.000000192. The van der Waals surface area contributed by atoms with Crippen LogP contribution in [0.2, 0.25) is 0 Å². The molecule has 0 fully saturated rings. The number of fused-ring (bicyclic) bond motifs is 3. The minimum absolute atomic E-state index is 0.196. The molecule has 124 valence electrons. The van der Waals surface area contributed by atoms with Crippen LogP contribution in [0.4, 0.5) is 0 Å². The second-order valence-electron chi connectivity index (χ2n) is 6.68. The highest BCUT2D eigenvalue weighted by Gasteiger charge is 2.30. The predicted octanol–water partition coefficient (Wildman–Crippen LogP) is 4.78. The van der Waals surface area contributed by atoms with Crippen LogP contribution in [0.1, 0.15) is 87.0 Å². The van der Waals surface area contributed by atoms with Crippen molar-refractivity contribution in [2.24, 2.45) is 0 Å². The number of nitrogens with zero attached hydrogens (tertiary/aromatic N) is 2. The van der Waals surface area contributed by atoms with E-state index in [0.29, 0.717) is 0 Å². The van der Waals surface area contributed by atoms with Crippen LogP contribution in [0.5, 0.6) is 0 Å². The van der Waals surface area contributed by atoms with Gasteiger partial charge in [-0.1, -0.05) is 52.4 Å². The fourth-order valence-electron chi connectivity index (χ4n) is 3.42. The fourth-order valence-corrected chi connectivity index (χ4v) is 3.42. The molecular formula is C19H32N2O. The zero-order chi connectivity index (χ0) is 15.9. The second kappa shape index (κ2) is 8.40. The lowest BCUT2D eigenvalue weighted by Gasteiger charge is -2.18. The number of carbonyl (C=O) groups excluding carboxylic acids is 1. The summed E-state index contributed by atoms with van der Waals surface area (Å²) in [5.41, 5.74) is 3.55. The molecule has 0 atom stereocenters. The highest BCUT2D eigenvalue weighted by molar-refractivity contribution is 5.98. The maximum atomic E-state index is 11.7. The smallest absolute Gasteiger partial charge is 0.255 e. The predicted molar refractivity (Wildman–Crippen MR) is 92.2 cm³/mol. The van der Waals surface area contributed by atoms with E-state index in [-0.39, 0.29) is 5.91 Å². The van der Waals surface area contributed by atoms with Crippen LogP contribution in [0.25, 0.3) is 0 Å². The number of hydrogen-bond acceptors (Lipinski definition) is 1. The van der Waals surface area contributed by atoms with Crippen molar-refractivity contribution in [2.75, 3.05) is 7.05 Å². The van der Waals surface area contributed by atoms with Crippen molar-refractivity contribution in [1.82, 2.24) is 9.47 Å². The Kier molecular flexibility index (Phi) is 6.53. The molecule has 0 unspecified atom stereocenters. The summed E-state index contributed by atoms with van der Waals surface area (Å²) in [6.07, 6.45) is 12.2. The first kappa shape index (κ1) is 17.1. The summed E-state index contributed by atoms with van der Waals surface area (Å²) < 4.78 is 2.35. The zero-order valence-electron chi connectivity index (χ0n) is 14.7. The molecular weight excluding hydrogens is 272 g/mol. The third-order valence-corrected chi connectivity index (χ3v) is 4.78. The molecule has 1 aromatic rings. The van der Waals surface area contributed by atoms with Crippen LogP contribution >= 0.6 is 0 Å². The Morgan fingerprint density at radius 3 is 2.36 bits per heavy atom. The molecule has 0 saturated carbocycles. The molecule has 0 aliphatic carbocycles. The number of rotatable bonds is 5. The molecule has 2 aliphatic heterocycles. The average Bonchev–Trinajstić information content (AvgIpc) is 3.02. The van der Waals surface area contributed by atoms with Crippen molar-refractivity contribution in [1.29, 1.82) is 0 Å². The van der Waals surface area contributed by atoms with Crippen molar-refractivity contribution < 1.29 is 4.79 Å². The van der Waals surface area contributed by atoms with Gasteiger partial charge >= 0.3 is 0 Å². The Morgan fingerprint density at radius 1 is 1.05 bits per heavy atom. The van der Waals surface area contributed by atoms with Gasteiger partial charge in [0.05, 0.1) is 17.8 Å². The molecule has 0 bridgehead atoms. The summed E-state index contributed by atoms with van der Waals surface area (Å²) in [4.78, 5) is 13.5. The summed E-state index contributed by atoms with van der Waals surface area (Å²) in [5, 5.41) is 0. The topological polar surface area (TPSA) is 25.2 Å². The number of carbonyl (C=O) groups is 1. The second-order valence-corrected chi connectivity index (χ2v) is 6.68. The standard InChI is InChI=1S/C11H14N2O.C8H18/c1-12-7-10-9(11(12)14)6-8-4-2-3-5-13(8)10;1-3-5-7-8-6-4-2/h6H,2-5,7H2,1H3;3-8H2,1-2H3. The molecule has 0 aromatic carbocycles. The fraction of sp³-hybridized carbons (Fsp3) is 0.737. The van der Waals surface area contributed by atoms with Gasteiger partial charge in [-0.15, -0.1) is 0 Å². The summed E-state index contributed by atoms with van der Waals surface area (Å²) in [7, 11) is 1.87. The van der Waals surface area contributed by atoms with E-state index in [1.807, 2.05) is 7.05 Å². The molecule has 0 spiro atoms. The molecule has 3 heterocycles. The zero-order valence-corrected chi connectivity index (χ0v) is 14.7. The van der Waals surface area contributed by atoms with E-state index in [1.54, 1.807) is 4.90 Å². The third-order valence-electron chi connectivity index (χ3n) is 4.78. The van der Waals surface area contributed by atoms with Gasteiger partial charge in [0.15, 0.2) is 0 Å². The van der Waals surface area contributed by atoms with Crippen LogP contribution in [0, 0.1) is 0 Å². The molecule has 3 nitrogen and oxygen atoms in total. The van der Waals surface area contributed by atoms with Gasteiger partial charge in [0.1, 0.15) is 0 Å². The molecule has 22 heavy (non-hydrogen) atoms. The van der Waals surface area contributed by atoms with Gasteiger partial charge in [0.2, 0.25) is 0 Å². The normalized spacial score (nSPS) is 16.1. The van der Waals surface area contributed by atoms with Gasteiger partial charge in [-0.05, 0) is 25.3 Å². The van der Waals surface area contributed by atoms with E-state index in [9.17, 15) is 4.79 Å². The summed E-state index contributed by atoms with van der Waals surface area (Å²) in [5.74, 6) is 0.196. The van der Waals surface area contributed by atoms with Crippen molar-refractivity contribution in [3.63, 3.8) is 0 Å². The van der Waals surface area contributed by atoms with Crippen LogP contribution in [0.15, 0.2) is 6.07 Å². The summed E-state index contributed by atoms with van der Waals surface area (Å²) in [6.45, 7) is 6.41. The quantitative estimate of drug-likeness (QED) is 0.719. The minimum Gasteiger partial charge on any atom is -0.346 e. The SMILES string of the molecule is CCCCCCCC.CN1Cc2c(cc3n2CCCC3)C1=O. The molecule has 2 aliphatic rings. The number of hydrogen-bond donors (Lipinski definition) is 0. The molecule has 3 heteroatoms. The third kappa shape index (κ3) is 3.93. The number of amides is 1. The lowest BCUT2D eigenvalue weighted by molar-refractivity contribution is 0.0815. The van der Waals surface area contributed by atoms with Gasteiger partial charge in [0.25, 0.3) is 5.91 Å². The van der Waals surface area contributed by atoms with E-state index in [2.05, 4.69) is 24.5 Å². The maximum Gasteiger partial charge on any atom is 0.255 e. The van der Waals surface area contributed by atoms with E-state index >= 15 is 0 Å². The van der Waals surface area contributed by atoms with Crippen LogP contribution in [-0.4, -0.2) is 22.4 Å². The number of aromatic nitrogens is 1. The van der Waals surface area contributed by atoms with Crippen molar-refractivity contribution in [2.45, 2.75) is 84.7 Å². The van der Waals surface area contributed by atoms with E-state index in [4.69, 9.17) is 0 Å².